The van der Waals surface area contributed by atoms with E-state index < -0.39 is 11.2 Å². The van der Waals surface area contributed by atoms with Crippen LogP contribution >= 0.6 is 0 Å². The molecule has 1 aromatic heterocycles. The highest BCUT2D eigenvalue weighted by Gasteiger charge is 2.26. The molecule has 0 aliphatic heterocycles. The monoisotopic (exact) mass is 472 g/mol. The number of rotatable bonds is 7. The minimum Gasteiger partial charge on any atom is -0.383 e. The van der Waals surface area contributed by atoms with Gasteiger partial charge in [-0.15, -0.1) is 0 Å². The van der Waals surface area contributed by atoms with Gasteiger partial charge in [0.05, 0.1) is 6.54 Å². The van der Waals surface area contributed by atoms with E-state index in [2.05, 4.69) is 11.1 Å². The minimum atomic E-state index is -0.660. The Kier molecular flexibility index (Phi) is 7.34. The highest BCUT2D eigenvalue weighted by molar-refractivity contribution is 6.07. The molecule has 0 radical (unpaired) electrons. The zero-order chi connectivity index (χ0) is 24.9. The Morgan fingerprint density at radius 2 is 1.77 bits per heavy atom. The smallest absolute Gasteiger partial charge is 0.330 e. The summed E-state index contributed by atoms with van der Waals surface area (Å²) in [5, 5.41) is 0. The van der Waals surface area contributed by atoms with Gasteiger partial charge in [0.2, 0.25) is 0 Å². The van der Waals surface area contributed by atoms with E-state index in [0.717, 1.165) is 36.0 Å². The number of nitrogen functional groups attached to an aromatic ring is 1. The summed E-state index contributed by atoms with van der Waals surface area (Å²) >= 11 is 0. The number of nitrogens with two attached hydrogens (primary N) is 1. The molecule has 3 N–H and O–H groups in total. The number of aryl methyl sites for hydroxylation is 2. The summed E-state index contributed by atoms with van der Waals surface area (Å²) < 4.78 is 1.31. The maximum absolute atomic E-state index is 13.8. The van der Waals surface area contributed by atoms with Crippen LogP contribution in [0.2, 0.25) is 0 Å². The first-order valence-corrected chi connectivity index (χ1v) is 12.1. The van der Waals surface area contributed by atoms with Crippen LogP contribution in [0.3, 0.4) is 0 Å². The molecule has 0 saturated carbocycles. The number of carbonyl (C=O) groups excluding carboxylic acids is 1. The van der Waals surface area contributed by atoms with E-state index in [-0.39, 0.29) is 24.0 Å². The van der Waals surface area contributed by atoms with E-state index in [1.807, 2.05) is 62.4 Å². The number of allylic oxidation sites excluding steroid dienone is 1. The van der Waals surface area contributed by atoms with E-state index in [9.17, 15) is 14.4 Å². The third-order valence-electron chi connectivity index (χ3n) is 6.42. The zero-order valence-corrected chi connectivity index (χ0v) is 20.3. The lowest BCUT2D eigenvalue weighted by atomic mass is 9.97. The number of hydrogen-bond donors (Lipinski definition) is 2. The standard InChI is InChI=1S/C28H32N4O3/c1-19-15-20(2)17-23(16-19)27(34)31(14-13-21-9-5-3-6-10-21)24-25(29)32(28(35)30-26(24)33)18-22-11-7-4-8-12-22/h4,7-9,11-12,15-17H,3,5-6,10,13-14,18,29H2,1-2H3,(H,30,33,35). The van der Waals surface area contributed by atoms with Crippen LogP contribution in [0.1, 0.15) is 59.2 Å². The number of aromatic amines is 1. The maximum atomic E-state index is 13.8. The third-order valence-corrected chi connectivity index (χ3v) is 6.42. The Morgan fingerprint density at radius 3 is 2.43 bits per heavy atom. The van der Waals surface area contributed by atoms with Crippen LogP contribution in [0.15, 0.2) is 69.8 Å². The summed E-state index contributed by atoms with van der Waals surface area (Å²) in [5.74, 6) is -0.326. The number of H-pyrrole nitrogens is 1. The lowest BCUT2D eigenvalue weighted by Gasteiger charge is -2.26. The molecule has 4 rings (SSSR count). The van der Waals surface area contributed by atoms with Gasteiger partial charge in [-0.05, 0) is 63.6 Å². The predicted molar refractivity (Wildman–Crippen MR) is 140 cm³/mol. The molecule has 7 heteroatoms. The van der Waals surface area contributed by atoms with Crippen molar-refractivity contribution < 1.29 is 4.79 Å². The van der Waals surface area contributed by atoms with Crippen LogP contribution in [0.25, 0.3) is 0 Å². The van der Waals surface area contributed by atoms with E-state index in [4.69, 9.17) is 5.73 Å². The van der Waals surface area contributed by atoms with E-state index in [0.29, 0.717) is 18.5 Å². The topological polar surface area (TPSA) is 101 Å². The largest absolute Gasteiger partial charge is 0.383 e. The van der Waals surface area contributed by atoms with Crippen LogP contribution in [0.5, 0.6) is 0 Å². The first-order chi connectivity index (χ1) is 16.8. The molecule has 7 nitrogen and oxygen atoms in total. The quantitative estimate of drug-likeness (QED) is 0.500. The summed E-state index contributed by atoms with van der Waals surface area (Å²) in [6, 6.07) is 15.0. The second-order valence-corrected chi connectivity index (χ2v) is 9.26. The number of carbonyl (C=O) groups is 1. The Bertz CT molecular complexity index is 1350. The fourth-order valence-electron chi connectivity index (χ4n) is 4.72. The Hall–Kier alpha value is -3.87. The number of benzene rings is 2. The van der Waals surface area contributed by atoms with Crippen LogP contribution in [-0.2, 0) is 6.54 Å². The van der Waals surface area contributed by atoms with Gasteiger partial charge >= 0.3 is 5.69 Å². The van der Waals surface area contributed by atoms with Gasteiger partial charge in [-0.25, -0.2) is 4.79 Å². The van der Waals surface area contributed by atoms with Gasteiger partial charge in [0.1, 0.15) is 5.82 Å². The van der Waals surface area contributed by atoms with Crippen molar-refractivity contribution in [2.24, 2.45) is 0 Å². The molecule has 0 spiro atoms. The van der Waals surface area contributed by atoms with Crippen molar-refractivity contribution >= 4 is 17.4 Å². The molecule has 2 aromatic carbocycles. The average molecular weight is 473 g/mol. The molecular weight excluding hydrogens is 440 g/mol. The van der Waals surface area contributed by atoms with E-state index in [1.54, 1.807) is 0 Å². The summed E-state index contributed by atoms with van der Waals surface area (Å²) in [4.78, 5) is 43.4. The van der Waals surface area contributed by atoms with Crippen LogP contribution < -0.4 is 21.9 Å². The molecule has 182 valence electrons. The molecule has 0 fully saturated rings. The van der Waals surface area contributed by atoms with Crippen molar-refractivity contribution in [1.29, 1.82) is 0 Å². The molecule has 0 bridgehead atoms. The summed E-state index contributed by atoms with van der Waals surface area (Å²) in [5.41, 5.74) is 9.75. The number of amides is 1. The average Bonchev–Trinajstić information content (AvgIpc) is 2.84. The van der Waals surface area contributed by atoms with Gasteiger partial charge in [0, 0.05) is 12.1 Å². The van der Waals surface area contributed by atoms with Gasteiger partial charge in [0.15, 0.2) is 5.69 Å². The molecule has 1 amide bonds. The lowest BCUT2D eigenvalue weighted by Crippen LogP contribution is -2.42. The molecule has 1 aliphatic carbocycles. The van der Waals surface area contributed by atoms with Gasteiger partial charge in [-0.2, -0.15) is 0 Å². The number of nitrogens with one attached hydrogen (secondary N) is 1. The number of anilines is 2. The molecule has 3 aromatic rings. The SMILES string of the molecule is Cc1cc(C)cc(C(=O)N(CCC2=CCCCC2)c2c(N)n(Cc3ccccc3)c(=O)[nH]c2=O)c1. The summed E-state index contributed by atoms with van der Waals surface area (Å²) in [6.07, 6.45) is 7.20. The maximum Gasteiger partial charge on any atom is 0.330 e. The predicted octanol–water partition coefficient (Wildman–Crippen LogP) is 4.32. The van der Waals surface area contributed by atoms with E-state index in [1.165, 1.54) is 21.5 Å². The highest BCUT2D eigenvalue weighted by Crippen LogP contribution is 2.25. The fourth-order valence-corrected chi connectivity index (χ4v) is 4.72. The Balaban J connectivity index is 1.79. The summed E-state index contributed by atoms with van der Waals surface area (Å²) in [6.45, 7) is 4.35. The second-order valence-electron chi connectivity index (χ2n) is 9.26. The zero-order valence-electron chi connectivity index (χ0n) is 20.3. The normalized spacial score (nSPS) is 13.4. The molecule has 0 unspecified atom stereocenters. The van der Waals surface area contributed by atoms with Crippen LogP contribution in [-0.4, -0.2) is 22.0 Å². The third kappa shape index (κ3) is 5.62. The van der Waals surface area contributed by atoms with Crippen LogP contribution in [0, 0.1) is 13.8 Å². The molecule has 0 atom stereocenters. The number of hydrogen-bond acceptors (Lipinski definition) is 4. The van der Waals surface area contributed by atoms with Gasteiger partial charge in [-0.3, -0.25) is 19.1 Å². The molecule has 1 heterocycles. The highest BCUT2D eigenvalue weighted by atomic mass is 16.2. The molecular formula is C28H32N4O3. The van der Waals surface area contributed by atoms with Gasteiger partial charge in [0.25, 0.3) is 11.5 Å². The Labute approximate surface area is 204 Å². The summed E-state index contributed by atoms with van der Waals surface area (Å²) in [7, 11) is 0. The second kappa shape index (κ2) is 10.6. The van der Waals surface area contributed by atoms with Crippen molar-refractivity contribution in [3.05, 3.63) is 103 Å². The van der Waals surface area contributed by atoms with Crippen molar-refractivity contribution in [3.8, 4) is 0 Å². The molecule has 35 heavy (non-hydrogen) atoms. The fraction of sp³-hybridized carbons (Fsp3) is 0.321. The van der Waals surface area contributed by atoms with Gasteiger partial charge < -0.3 is 10.6 Å². The molecule has 0 saturated heterocycles. The van der Waals surface area contributed by atoms with Crippen molar-refractivity contribution in [3.63, 3.8) is 0 Å². The van der Waals surface area contributed by atoms with Crippen molar-refractivity contribution in [2.75, 3.05) is 17.2 Å². The van der Waals surface area contributed by atoms with Gasteiger partial charge in [-0.1, -0.05) is 59.2 Å². The lowest BCUT2D eigenvalue weighted by molar-refractivity contribution is 0.0986. The minimum absolute atomic E-state index is 0.0149. The first-order valence-electron chi connectivity index (χ1n) is 12.1. The van der Waals surface area contributed by atoms with Crippen molar-refractivity contribution in [2.45, 2.75) is 52.5 Å². The Morgan fingerprint density at radius 1 is 1.06 bits per heavy atom. The number of aromatic nitrogens is 2. The first kappa shape index (κ1) is 24.3. The van der Waals surface area contributed by atoms with Crippen molar-refractivity contribution in [1.82, 2.24) is 9.55 Å². The number of nitrogens with zero attached hydrogens (tertiary/aromatic N) is 2. The van der Waals surface area contributed by atoms with E-state index >= 15 is 0 Å². The molecule has 1 aliphatic rings. The van der Waals surface area contributed by atoms with Crippen LogP contribution in [0.4, 0.5) is 11.5 Å².